The molecule has 0 aliphatic heterocycles. The largest absolute Gasteiger partial charge is 0.457 e. The molecule has 0 heterocycles. The molecular weight excluding hydrogens is 394 g/mol. The van der Waals surface area contributed by atoms with Crippen molar-refractivity contribution in [3.63, 3.8) is 0 Å². The molecule has 0 fully saturated rings. The Morgan fingerprint density at radius 2 is 1.71 bits per heavy atom. The molecule has 0 saturated carbocycles. The minimum Gasteiger partial charge on any atom is -0.457 e. The highest BCUT2D eigenvalue weighted by Gasteiger charge is 2.12. The van der Waals surface area contributed by atoms with E-state index in [0.29, 0.717) is 0 Å². The SMILES string of the molecule is CC(C)(C)NCc1ccc(Br)cc1Oc1cccc(Br)c1. The molecule has 2 aromatic carbocycles. The molecule has 21 heavy (non-hydrogen) atoms. The number of rotatable bonds is 4. The predicted molar refractivity (Wildman–Crippen MR) is 95.0 cm³/mol. The van der Waals surface area contributed by atoms with Crippen molar-refractivity contribution in [2.75, 3.05) is 0 Å². The first-order chi connectivity index (χ1) is 9.83. The number of benzene rings is 2. The number of nitrogens with one attached hydrogen (secondary N) is 1. The summed E-state index contributed by atoms with van der Waals surface area (Å²) >= 11 is 6.97. The highest BCUT2D eigenvalue weighted by Crippen LogP contribution is 2.30. The van der Waals surface area contributed by atoms with E-state index >= 15 is 0 Å². The summed E-state index contributed by atoms with van der Waals surface area (Å²) in [6.45, 7) is 7.22. The van der Waals surface area contributed by atoms with E-state index < -0.39 is 0 Å². The predicted octanol–water partition coefficient (Wildman–Crippen LogP) is 5.89. The van der Waals surface area contributed by atoms with E-state index in [1.807, 2.05) is 36.4 Å². The second-order valence-corrected chi connectivity index (χ2v) is 7.75. The van der Waals surface area contributed by atoms with Gasteiger partial charge in [-0.25, -0.2) is 0 Å². The molecule has 0 aromatic heterocycles. The summed E-state index contributed by atoms with van der Waals surface area (Å²) in [7, 11) is 0. The smallest absolute Gasteiger partial charge is 0.133 e. The molecule has 112 valence electrons. The Kier molecular flexibility index (Phi) is 5.47. The molecule has 0 amide bonds. The summed E-state index contributed by atoms with van der Waals surface area (Å²) in [5.41, 5.74) is 1.20. The van der Waals surface area contributed by atoms with Crippen LogP contribution in [-0.2, 0) is 6.54 Å². The third-order valence-electron chi connectivity index (χ3n) is 2.86. The van der Waals surface area contributed by atoms with Crippen LogP contribution in [0.25, 0.3) is 0 Å². The third kappa shape index (κ3) is 5.46. The Bertz CT molecular complexity index is 620. The van der Waals surface area contributed by atoms with Gasteiger partial charge in [0.15, 0.2) is 0 Å². The summed E-state index contributed by atoms with van der Waals surface area (Å²) in [6.07, 6.45) is 0. The molecular formula is C17H19Br2NO. The fourth-order valence-corrected chi connectivity index (χ4v) is 2.51. The molecule has 0 aliphatic rings. The quantitative estimate of drug-likeness (QED) is 0.675. The van der Waals surface area contributed by atoms with E-state index in [2.05, 4.69) is 64.0 Å². The van der Waals surface area contributed by atoms with Crippen LogP contribution in [0.5, 0.6) is 11.5 Å². The Hall–Kier alpha value is -0.840. The zero-order valence-electron chi connectivity index (χ0n) is 12.4. The number of halogens is 2. The van der Waals surface area contributed by atoms with Crippen molar-refractivity contribution < 1.29 is 4.74 Å². The maximum Gasteiger partial charge on any atom is 0.133 e. The number of hydrogen-bond donors (Lipinski definition) is 1. The van der Waals surface area contributed by atoms with Crippen molar-refractivity contribution in [2.24, 2.45) is 0 Å². The molecule has 0 spiro atoms. The summed E-state index contributed by atoms with van der Waals surface area (Å²) in [4.78, 5) is 0. The van der Waals surface area contributed by atoms with Crippen LogP contribution in [0.1, 0.15) is 26.3 Å². The molecule has 1 N–H and O–H groups in total. The maximum absolute atomic E-state index is 6.04. The first kappa shape index (κ1) is 16.5. The van der Waals surface area contributed by atoms with Crippen LogP contribution >= 0.6 is 31.9 Å². The van der Waals surface area contributed by atoms with Crippen LogP contribution in [0.3, 0.4) is 0 Å². The zero-order chi connectivity index (χ0) is 15.5. The van der Waals surface area contributed by atoms with E-state index in [-0.39, 0.29) is 5.54 Å². The first-order valence-electron chi connectivity index (χ1n) is 6.80. The van der Waals surface area contributed by atoms with Gasteiger partial charge in [-0.3, -0.25) is 0 Å². The van der Waals surface area contributed by atoms with Crippen molar-refractivity contribution in [1.82, 2.24) is 5.32 Å². The third-order valence-corrected chi connectivity index (χ3v) is 3.85. The van der Waals surface area contributed by atoms with Gasteiger partial charge in [0.2, 0.25) is 0 Å². The van der Waals surface area contributed by atoms with Crippen molar-refractivity contribution >= 4 is 31.9 Å². The second kappa shape index (κ2) is 6.95. The van der Waals surface area contributed by atoms with Crippen molar-refractivity contribution in [3.05, 3.63) is 57.0 Å². The fraction of sp³-hybridized carbons (Fsp3) is 0.294. The Morgan fingerprint density at radius 3 is 2.38 bits per heavy atom. The minimum absolute atomic E-state index is 0.0696. The van der Waals surface area contributed by atoms with Crippen LogP contribution in [0, 0.1) is 0 Å². The average Bonchev–Trinajstić information content (AvgIpc) is 2.36. The summed E-state index contributed by atoms with van der Waals surface area (Å²) in [5, 5.41) is 3.49. The highest BCUT2D eigenvalue weighted by molar-refractivity contribution is 9.10. The Balaban J connectivity index is 2.23. The van der Waals surface area contributed by atoms with E-state index in [0.717, 1.165) is 32.6 Å². The topological polar surface area (TPSA) is 21.3 Å². The molecule has 0 saturated heterocycles. The summed E-state index contributed by atoms with van der Waals surface area (Å²) in [5.74, 6) is 1.68. The second-order valence-electron chi connectivity index (χ2n) is 5.92. The molecule has 0 unspecified atom stereocenters. The summed E-state index contributed by atoms with van der Waals surface area (Å²) in [6, 6.07) is 14.0. The van der Waals surface area contributed by atoms with E-state index in [1.54, 1.807) is 0 Å². The lowest BCUT2D eigenvalue weighted by atomic mass is 10.1. The molecule has 2 rings (SSSR count). The van der Waals surface area contributed by atoms with Gasteiger partial charge in [0.25, 0.3) is 0 Å². The fourth-order valence-electron chi connectivity index (χ4n) is 1.79. The van der Waals surface area contributed by atoms with Gasteiger partial charge in [-0.15, -0.1) is 0 Å². The van der Waals surface area contributed by atoms with Gasteiger partial charge in [-0.05, 0) is 51.1 Å². The van der Waals surface area contributed by atoms with Gasteiger partial charge in [-0.1, -0.05) is 44.0 Å². The van der Waals surface area contributed by atoms with Gasteiger partial charge in [-0.2, -0.15) is 0 Å². The number of hydrogen-bond acceptors (Lipinski definition) is 2. The van der Waals surface area contributed by atoms with Crippen molar-refractivity contribution in [1.29, 1.82) is 0 Å². The van der Waals surface area contributed by atoms with Crippen molar-refractivity contribution in [2.45, 2.75) is 32.9 Å². The minimum atomic E-state index is 0.0696. The Morgan fingerprint density at radius 1 is 1.00 bits per heavy atom. The standard InChI is InChI=1S/C17H19Br2NO/c1-17(2,3)20-11-12-7-8-14(19)10-16(12)21-15-6-4-5-13(18)9-15/h4-10,20H,11H2,1-3H3. The van der Waals surface area contributed by atoms with Gasteiger partial charge in [0.1, 0.15) is 11.5 Å². The molecule has 2 aromatic rings. The number of ether oxygens (including phenoxy) is 1. The van der Waals surface area contributed by atoms with E-state index in [4.69, 9.17) is 4.74 Å². The van der Waals surface area contributed by atoms with Gasteiger partial charge < -0.3 is 10.1 Å². The molecule has 0 aliphatic carbocycles. The maximum atomic E-state index is 6.04. The van der Waals surface area contributed by atoms with Gasteiger partial charge in [0, 0.05) is 26.6 Å². The lowest BCUT2D eigenvalue weighted by Crippen LogP contribution is -2.35. The molecule has 0 bridgehead atoms. The van der Waals surface area contributed by atoms with Crippen LogP contribution in [0.4, 0.5) is 0 Å². The zero-order valence-corrected chi connectivity index (χ0v) is 15.6. The van der Waals surface area contributed by atoms with E-state index in [9.17, 15) is 0 Å². The molecule has 4 heteroatoms. The van der Waals surface area contributed by atoms with Crippen LogP contribution in [0.15, 0.2) is 51.4 Å². The van der Waals surface area contributed by atoms with Gasteiger partial charge >= 0.3 is 0 Å². The lowest BCUT2D eigenvalue weighted by Gasteiger charge is -2.21. The first-order valence-corrected chi connectivity index (χ1v) is 8.39. The average molecular weight is 413 g/mol. The lowest BCUT2D eigenvalue weighted by molar-refractivity contribution is 0.414. The van der Waals surface area contributed by atoms with Crippen molar-refractivity contribution in [3.8, 4) is 11.5 Å². The molecule has 0 atom stereocenters. The van der Waals surface area contributed by atoms with Gasteiger partial charge in [0.05, 0.1) is 0 Å². The molecule has 2 nitrogen and oxygen atoms in total. The highest BCUT2D eigenvalue weighted by atomic mass is 79.9. The summed E-state index contributed by atoms with van der Waals surface area (Å²) < 4.78 is 8.05. The van der Waals surface area contributed by atoms with E-state index in [1.165, 1.54) is 0 Å². The van der Waals surface area contributed by atoms with Crippen LogP contribution < -0.4 is 10.1 Å². The monoisotopic (exact) mass is 411 g/mol. The normalized spacial score (nSPS) is 11.5. The molecule has 0 radical (unpaired) electrons. The van der Waals surface area contributed by atoms with Crippen LogP contribution in [-0.4, -0.2) is 5.54 Å². The Labute approximate surface area is 143 Å². The van der Waals surface area contributed by atoms with Crippen LogP contribution in [0.2, 0.25) is 0 Å².